The summed E-state index contributed by atoms with van der Waals surface area (Å²) in [6.07, 6.45) is 2.84. The molecule has 0 bridgehead atoms. The van der Waals surface area contributed by atoms with Crippen LogP contribution in [0.5, 0.6) is 0 Å². The Morgan fingerprint density at radius 3 is 2.31 bits per heavy atom. The zero-order valence-corrected chi connectivity index (χ0v) is 18.2. The maximum absolute atomic E-state index is 12.2. The van der Waals surface area contributed by atoms with E-state index < -0.39 is 0 Å². The van der Waals surface area contributed by atoms with Crippen molar-refractivity contribution in [3.8, 4) is 0 Å². The van der Waals surface area contributed by atoms with E-state index in [0.29, 0.717) is 24.4 Å². The van der Waals surface area contributed by atoms with Crippen LogP contribution < -0.4 is 10.7 Å². The molecule has 0 aliphatic heterocycles. The molecule has 0 spiro atoms. The minimum Gasteiger partial charge on any atom is -0.385 e. The predicted molar refractivity (Wildman–Crippen MR) is 135 cm³/mol. The number of carbonyl (C=O) groups is 1. The molecule has 5 rings (SSSR count). The topological polar surface area (TPSA) is 53.5 Å². The summed E-state index contributed by atoms with van der Waals surface area (Å²) in [5.74, 6) is -0.100. The number of hydrogen-bond acceptors (Lipinski definition) is 3. The van der Waals surface area contributed by atoms with Gasteiger partial charge in [0, 0.05) is 29.2 Å². The maximum Gasteiger partial charge on any atom is 0.240 e. The van der Waals surface area contributed by atoms with E-state index in [4.69, 9.17) is 11.6 Å². The molecule has 1 amide bonds. The number of halogens is 1. The number of rotatable bonds is 7. The average molecular weight is 440 g/mol. The number of nitrogens with one attached hydrogen (secondary N) is 2. The van der Waals surface area contributed by atoms with Crippen LogP contribution in [0.3, 0.4) is 0 Å². The Morgan fingerprint density at radius 2 is 1.53 bits per heavy atom. The Morgan fingerprint density at radius 1 is 0.844 bits per heavy atom. The SMILES string of the molecule is O=C(CCCNc1ccc(Cl)cc1)N/N=C/c1ccc2ccc3cccc4ccc1c2c34. The molecule has 5 aromatic rings. The molecule has 4 nitrogen and oxygen atoms in total. The third-order valence-corrected chi connectivity index (χ3v) is 5.96. The number of carbonyl (C=O) groups excluding carboxylic acids is 1. The van der Waals surface area contributed by atoms with Crippen LogP contribution in [-0.4, -0.2) is 18.7 Å². The largest absolute Gasteiger partial charge is 0.385 e. The molecule has 0 heterocycles. The highest BCUT2D eigenvalue weighted by atomic mass is 35.5. The molecule has 0 aliphatic rings. The van der Waals surface area contributed by atoms with E-state index in [-0.39, 0.29) is 5.91 Å². The van der Waals surface area contributed by atoms with Gasteiger partial charge >= 0.3 is 0 Å². The number of benzene rings is 5. The quantitative estimate of drug-likeness (QED) is 0.130. The first-order chi connectivity index (χ1) is 15.7. The molecule has 32 heavy (non-hydrogen) atoms. The molecule has 0 fully saturated rings. The summed E-state index contributed by atoms with van der Waals surface area (Å²) < 4.78 is 0. The zero-order valence-electron chi connectivity index (χ0n) is 17.4. The van der Waals surface area contributed by atoms with Crippen molar-refractivity contribution in [3.05, 3.63) is 89.4 Å². The van der Waals surface area contributed by atoms with Crippen molar-refractivity contribution >= 4 is 61.7 Å². The lowest BCUT2D eigenvalue weighted by Crippen LogP contribution is -2.18. The highest BCUT2D eigenvalue weighted by Crippen LogP contribution is 2.35. The van der Waals surface area contributed by atoms with Crippen LogP contribution in [0.25, 0.3) is 32.3 Å². The fraction of sp³-hybridized carbons (Fsp3) is 0.111. The molecule has 0 atom stereocenters. The van der Waals surface area contributed by atoms with Gasteiger partial charge in [-0.1, -0.05) is 66.2 Å². The normalized spacial score (nSPS) is 11.7. The Bertz CT molecular complexity index is 1410. The first-order valence-corrected chi connectivity index (χ1v) is 11.0. The lowest BCUT2D eigenvalue weighted by atomic mass is 9.92. The summed E-state index contributed by atoms with van der Waals surface area (Å²) in [5, 5.41) is 15.5. The summed E-state index contributed by atoms with van der Waals surface area (Å²) in [5.41, 5.74) is 4.62. The van der Waals surface area contributed by atoms with Gasteiger partial charge in [0.2, 0.25) is 5.91 Å². The number of hydrogen-bond donors (Lipinski definition) is 2. The van der Waals surface area contributed by atoms with Crippen LogP contribution in [0.15, 0.2) is 84.0 Å². The van der Waals surface area contributed by atoms with Crippen molar-refractivity contribution in [1.82, 2.24) is 5.43 Å². The Hall–Kier alpha value is -3.63. The van der Waals surface area contributed by atoms with Gasteiger partial charge in [0.05, 0.1) is 6.21 Å². The van der Waals surface area contributed by atoms with E-state index in [2.05, 4.69) is 64.4 Å². The Balaban J connectivity index is 1.24. The molecule has 158 valence electrons. The molecular formula is C27H22ClN3O. The molecule has 5 heteroatoms. The molecule has 0 radical (unpaired) electrons. The van der Waals surface area contributed by atoms with Gasteiger partial charge < -0.3 is 5.32 Å². The van der Waals surface area contributed by atoms with Crippen LogP contribution >= 0.6 is 11.6 Å². The Kier molecular flexibility index (Phi) is 5.61. The first-order valence-electron chi connectivity index (χ1n) is 10.7. The lowest BCUT2D eigenvalue weighted by molar-refractivity contribution is -0.121. The molecule has 0 aromatic heterocycles. The van der Waals surface area contributed by atoms with Crippen molar-refractivity contribution < 1.29 is 4.79 Å². The number of hydrazone groups is 1. The molecular weight excluding hydrogens is 418 g/mol. The smallest absolute Gasteiger partial charge is 0.240 e. The van der Waals surface area contributed by atoms with E-state index in [1.165, 1.54) is 26.9 Å². The molecule has 0 saturated carbocycles. The van der Waals surface area contributed by atoms with Gasteiger partial charge in [0.15, 0.2) is 0 Å². The molecule has 5 aromatic carbocycles. The molecule has 0 saturated heterocycles. The third-order valence-electron chi connectivity index (χ3n) is 5.71. The van der Waals surface area contributed by atoms with Gasteiger partial charge in [-0.3, -0.25) is 4.79 Å². The summed E-state index contributed by atoms with van der Waals surface area (Å²) in [7, 11) is 0. The highest BCUT2D eigenvalue weighted by molar-refractivity contribution is 6.30. The van der Waals surface area contributed by atoms with Crippen molar-refractivity contribution in [2.24, 2.45) is 5.10 Å². The highest BCUT2D eigenvalue weighted by Gasteiger charge is 2.09. The minimum absolute atomic E-state index is 0.100. The van der Waals surface area contributed by atoms with Crippen LogP contribution in [0, 0.1) is 0 Å². The first kappa shape index (κ1) is 20.3. The lowest BCUT2D eigenvalue weighted by Gasteiger charge is -2.12. The van der Waals surface area contributed by atoms with Crippen molar-refractivity contribution in [2.45, 2.75) is 12.8 Å². The van der Waals surface area contributed by atoms with Crippen LogP contribution in [0.1, 0.15) is 18.4 Å². The van der Waals surface area contributed by atoms with Gasteiger partial charge in [-0.15, -0.1) is 0 Å². The fourth-order valence-corrected chi connectivity index (χ4v) is 4.28. The molecule has 0 aliphatic carbocycles. The van der Waals surface area contributed by atoms with E-state index in [0.717, 1.165) is 16.6 Å². The monoisotopic (exact) mass is 439 g/mol. The van der Waals surface area contributed by atoms with Gasteiger partial charge in [0.1, 0.15) is 0 Å². The van der Waals surface area contributed by atoms with Crippen LogP contribution in [-0.2, 0) is 4.79 Å². The van der Waals surface area contributed by atoms with E-state index in [9.17, 15) is 4.79 Å². The zero-order chi connectivity index (χ0) is 21.9. The second-order valence-electron chi connectivity index (χ2n) is 7.84. The number of nitrogens with zero attached hydrogens (tertiary/aromatic N) is 1. The Labute approximate surface area is 191 Å². The second kappa shape index (κ2) is 8.85. The maximum atomic E-state index is 12.2. The van der Waals surface area contributed by atoms with Gasteiger partial charge in [-0.05, 0) is 63.0 Å². The van der Waals surface area contributed by atoms with E-state index >= 15 is 0 Å². The van der Waals surface area contributed by atoms with Crippen LogP contribution in [0.4, 0.5) is 5.69 Å². The number of anilines is 1. The molecule has 2 N–H and O–H groups in total. The summed E-state index contributed by atoms with van der Waals surface area (Å²) >= 11 is 5.89. The van der Waals surface area contributed by atoms with E-state index in [1.807, 2.05) is 30.3 Å². The summed E-state index contributed by atoms with van der Waals surface area (Å²) in [6, 6.07) is 26.7. The van der Waals surface area contributed by atoms with Crippen molar-refractivity contribution in [1.29, 1.82) is 0 Å². The van der Waals surface area contributed by atoms with Gasteiger partial charge in [-0.25, -0.2) is 5.43 Å². The van der Waals surface area contributed by atoms with E-state index in [1.54, 1.807) is 6.21 Å². The average Bonchev–Trinajstić information content (AvgIpc) is 2.82. The van der Waals surface area contributed by atoms with Crippen molar-refractivity contribution in [2.75, 3.05) is 11.9 Å². The minimum atomic E-state index is -0.100. The standard InChI is InChI=1S/C27H22ClN3O/c28-22-11-13-23(14-12-22)29-16-2-5-25(32)31-30-17-21-9-8-20-7-6-18-3-1-4-19-10-15-24(21)27(20)26(18)19/h1,3-4,6-15,17,29H,2,5,16H2,(H,31,32)/b30-17+. The summed E-state index contributed by atoms with van der Waals surface area (Å²) in [6.45, 7) is 0.702. The fourth-order valence-electron chi connectivity index (χ4n) is 4.15. The van der Waals surface area contributed by atoms with Gasteiger partial charge in [-0.2, -0.15) is 5.10 Å². The van der Waals surface area contributed by atoms with Crippen LogP contribution in [0.2, 0.25) is 5.02 Å². The number of amides is 1. The third kappa shape index (κ3) is 4.10. The van der Waals surface area contributed by atoms with Gasteiger partial charge in [0.25, 0.3) is 0 Å². The second-order valence-corrected chi connectivity index (χ2v) is 8.28. The summed E-state index contributed by atoms with van der Waals surface area (Å²) in [4.78, 5) is 12.2. The predicted octanol–water partition coefficient (Wildman–Crippen LogP) is 6.58. The molecule has 0 unspecified atom stereocenters. The van der Waals surface area contributed by atoms with Crippen molar-refractivity contribution in [3.63, 3.8) is 0 Å².